The molecule has 1 fully saturated rings. The summed E-state index contributed by atoms with van der Waals surface area (Å²) in [6.07, 6.45) is -0.128. The van der Waals surface area contributed by atoms with E-state index in [4.69, 9.17) is 15.0 Å². The van der Waals surface area contributed by atoms with E-state index in [1.54, 1.807) is 0 Å². The average Bonchev–Trinajstić information content (AvgIpc) is 2.78. The van der Waals surface area contributed by atoms with Gasteiger partial charge in [-0.3, -0.25) is 14.4 Å². The van der Waals surface area contributed by atoms with Gasteiger partial charge in [-0.15, -0.1) is 0 Å². The molecule has 1 aliphatic rings. The van der Waals surface area contributed by atoms with Crippen LogP contribution < -0.4 is 0 Å². The number of nitrogens with zero attached hydrogens (tertiary/aromatic N) is 4. The van der Waals surface area contributed by atoms with Gasteiger partial charge in [0.1, 0.15) is 0 Å². The molecule has 0 aromatic carbocycles. The summed E-state index contributed by atoms with van der Waals surface area (Å²) in [7, 11) is 0. The molecule has 10 nitrogen and oxygen atoms in total. The fourth-order valence-electron chi connectivity index (χ4n) is 1.96. The molecule has 0 aromatic heterocycles. The monoisotopic (exact) mass is 356 g/mol. The van der Waals surface area contributed by atoms with Gasteiger partial charge in [0, 0.05) is 36.3 Å². The molecule has 0 unspecified atom stereocenters. The molecule has 0 N–H and O–H groups in total. The van der Waals surface area contributed by atoms with Crippen LogP contribution in [0.15, 0.2) is 5.11 Å². The molecular formula is C15H24N4O6. The van der Waals surface area contributed by atoms with Gasteiger partial charge in [0.2, 0.25) is 0 Å². The maximum Gasteiger partial charge on any atom is 0.533 e. The molecule has 1 saturated heterocycles. The second-order valence-electron chi connectivity index (χ2n) is 6.88. The minimum atomic E-state index is -1.11. The molecule has 1 aliphatic heterocycles. The Morgan fingerprint density at radius 2 is 1.76 bits per heavy atom. The van der Waals surface area contributed by atoms with E-state index in [0.717, 1.165) is 0 Å². The second kappa shape index (κ2) is 8.68. The van der Waals surface area contributed by atoms with E-state index in [1.807, 2.05) is 27.7 Å². The normalized spacial score (nSPS) is 15.1. The minimum Gasteiger partial charge on any atom is -0.433 e. The molecular weight excluding hydrogens is 332 g/mol. The first-order valence-electron chi connectivity index (χ1n) is 7.97. The number of amides is 2. The van der Waals surface area contributed by atoms with Crippen molar-refractivity contribution >= 4 is 18.0 Å². The molecule has 25 heavy (non-hydrogen) atoms. The zero-order valence-corrected chi connectivity index (χ0v) is 15.0. The summed E-state index contributed by atoms with van der Waals surface area (Å²) >= 11 is 0. The first-order valence-corrected chi connectivity index (χ1v) is 7.97. The van der Waals surface area contributed by atoms with Gasteiger partial charge in [0.15, 0.2) is 0 Å². The predicted octanol–water partition coefficient (Wildman–Crippen LogP) is 2.87. The van der Waals surface area contributed by atoms with Crippen molar-refractivity contribution in [2.24, 2.45) is 5.11 Å². The molecule has 0 spiro atoms. The summed E-state index contributed by atoms with van der Waals surface area (Å²) in [6.45, 7) is 7.65. The van der Waals surface area contributed by atoms with Crippen molar-refractivity contribution < 1.29 is 28.7 Å². The Kier molecular flexibility index (Phi) is 7.20. The topological polar surface area (TPSA) is 131 Å². The lowest BCUT2D eigenvalue weighted by Gasteiger charge is -2.27. The van der Waals surface area contributed by atoms with Gasteiger partial charge in [-0.05, 0) is 25.8 Å². The van der Waals surface area contributed by atoms with Crippen LogP contribution in [0.4, 0.5) is 4.79 Å². The molecule has 0 bridgehead atoms. The summed E-state index contributed by atoms with van der Waals surface area (Å²) in [5.74, 6) is -1.12. The number of imide groups is 1. The molecule has 0 saturated carbocycles. The van der Waals surface area contributed by atoms with E-state index in [9.17, 15) is 14.4 Å². The van der Waals surface area contributed by atoms with Crippen molar-refractivity contribution in [2.45, 2.75) is 64.5 Å². The molecule has 1 heterocycles. The summed E-state index contributed by atoms with van der Waals surface area (Å²) in [6, 6.07) is 0. The quantitative estimate of drug-likeness (QED) is 0.205. The van der Waals surface area contributed by atoms with Gasteiger partial charge in [-0.2, -0.15) is 0 Å². The van der Waals surface area contributed by atoms with Crippen LogP contribution in [-0.2, 0) is 23.9 Å². The summed E-state index contributed by atoms with van der Waals surface area (Å²) in [5, 5.41) is 4.11. The maximum absolute atomic E-state index is 11.5. The van der Waals surface area contributed by atoms with E-state index in [2.05, 4.69) is 14.9 Å². The third-order valence-electron chi connectivity index (χ3n) is 3.62. The Bertz CT molecular complexity index is 552. The standard InChI is InChI=1S/C15H24N4O6/c1-14(2,17-18-16)7-10-24-15(3,4)8-9-23-13(22)25-19-11(20)5-6-12(19)21/h5-10H2,1-4H3. The van der Waals surface area contributed by atoms with E-state index < -0.39 is 29.1 Å². The number of hydrogen-bond donors (Lipinski definition) is 0. The van der Waals surface area contributed by atoms with Crippen molar-refractivity contribution in [2.75, 3.05) is 13.2 Å². The van der Waals surface area contributed by atoms with E-state index in [1.165, 1.54) is 0 Å². The van der Waals surface area contributed by atoms with Crippen LogP contribution in [-0.4, -0.2) is 47.4 Å². The highest BCUT2D eigenvalue weighted by Gasteiger charge is 2.33. The van der Waals surface area contributed by atoms with Gasteiger partial charge in [0.05, 0.1) is 12.2 Å². The van der Waals surface area contributed by atoms with Crippen molar-refractivity contribution in [3.8, 4) is 0 Å². The van der Waals surface area contributed by atoms with Crippen molar-refractivity contribution in [3.05, 3.63) is 10.4 Å². The third-order valence-corrected chi connectivity index (χ3v) is 3.62. The molecule has 10 heteroatoms. The lowest BCUT2D eigenvalue weighted by atomic mass is 10.0. The van der Waals surface area contributed by atoms with Crippen LogP contribution >= 0.6 is 0 Å². The van der Waals surface area contributed by atoms with Crippen LogP contribution in [0.25, 0.3) is 10.4 Å². The lowest BCUT2D eigenvalue weighted by Crippen LogP contribution is -2.33. The number of carbonyl (C=O) groups excluding carboxylic acids is 3. The summed E-state index contributed by atoms with van der Waals surface area (Å²) < 4.78 is 10.6. The van der Waals surface area contributed by atoms with Gasteiger partial charge in [0.25, 0.3) is 11.8 Å². The smallest absolute Gasteiger partial charge is 0.433 e. The van der Waals surface area contributed by atoms with Gasteiger partial charge in [-0.1, -0.05) is 24.0 Å². The molecule has 0 aromatic rings. The van der Waals surface area contributed by atoms with Gasteiger partial charge < -0.3 is 9.47 Å². The summed E-state index contributed by atoms with van der Waals surface area (Å²) in [4.78, 5) is 41.5. The highest BCUT2D eigenvalue weighted by molar-refractivity contribution is 6.01. The minimum absolute atomic E-state index is 0.00178. The van der Waals surface area contributed by atoms with Crippen LogP contribution in [0.1, 0.15) is 53.4 Å². The SMILES string of the molecule is CC(C)(CCOC(C)(C)CCOC(=O)ON1C(=O)CCC1=O)N=[N+]=[N-]. The number of ether oxygens (including phenoxy) is 2. The fourth-order valence-corrected chi connectivity index (χ4v) is 1.96. The molecule has 140 valence electrons. The fraction of sp³-hybridized carbons (Fsp3) is 0.800. The number of hydrogen-bond acceptors (Lipinski definition) is 7. The first kappa shape index (κ1) is 20.7. The Balaban J connectivity index is 2.29. The molecule has 0 atom stereocenters. The summed E-state index contributed by atoms with van der Waals surface area (Å²) in [5.41, 5.74) is 7.36. The molecule has 2 amide bonds. The van der Waals surface area contributed by atoms with Gasteiger partial charge >= 0.3 is 6.16 Å². The number of azide groups is 1. The number of hydroxylamine groups is 2. The second-order valence-corrected chi connectivity index (χ2v) is 6.88. The Morgan fingerprint density at radius 1 is 1.16 bits per heavy atom. The van der Waals surface area contributed by atoms with Crippen molar-refractivity contribution in [3.63, 3.8) is 0 Å². The van der Waals surface area contributed by atoms with E-state index in [0.29, 0.717) is 24.5 Å². The van der Waals surface area contributed by atoms with Crippen LogP contribution in [0.3, 0.4) is 0 Å². The predicted molar refractivity (Wildman–Crippen MR) is 86.0 cm³/mol. The largest absolute Gasteiger partial charge is 0.533 e. The molecule has 1 rings (SSSR count). The lowest BCUT2D eigenvalue weighted by molar-refractivity contribution is -0.177. The zero-order valence-electron chi connectivity index (χ0n) is 15.0. The van der Waals surface area contributed by atoms with Crippen LogP contribution in [0, 0.1) is 0 Å². The highest BCUT2D eigenvalue weighted by Crippen LogP contribution is 2.20. The van der Waals surface area contributed by atoms with E-state index >= 15 is 0 Å². The maximum atomic E-state index is 11.5. The molecule has 0 radical (unpaired) electrons. The Labute approximate surface area is 146 Å². The highest BCUT2D eigenvalue weighted by atomic mass is 16.8. The number of rotatable bonds is 9. The Hall–Kier alpha value is -2.32. The first-order chi connectivity index (χ1) is 11.6. The van der Waals surface area contributed by atoms with Crippen molar-refractivity contribution in [1.82, 2.24) is 5.06 Å². The Morgan fingerprint density at radius 3 is 2.32 bits per heavy atom. The van der Waals surface area contributed by atoms with Gasteiger partial charge in [-0.25, -0.2) is 4.79 Å². The average molecular weight is 356 g/mol. The van der Waals surface area contributed by atoms with Crippen LogP contribution in [0.5, 0.6) is 0 Å². The van der Waals surface area contributed by atoms with E-state index in [-0.39, 0.29) is 19.4 Å². The zero-order chi connectivity index (χ0) is 19.1. The number of carbonyl (C=O) groups is 3. The van der Waals surface area contributed by atoms with Crippen molar-refractivity contribution in [1.29, 1.82) is 0 Å². The molecule has 0 aliphatic carbocycles. The van der Waals surface area contributed by atoms with Crippen LogP contribution in [0.2, 0.25) is 0 Å². The third kappa shape index (κ3) is 7.40.